The number of imidazole rings is 1. The van der Waals surface area contributed by atoms with Crippen LogP contribution in [0.1, 0.15) is 12.1 Å². The van der Waals surface area contributed by atoms with E-state index in [0.717, 1.165) is 30.3 Å². The molecule has 0 spiro atoms. The Labute approximate surface area is 112 Å². The number of rotatable bonds is 6. The van der Waals surface area contributed by atoms with E-state index >= 15 is 0 Å². The van der Waals surface area contributed by atoms with Gasteiger partial charge in [0.1, 0.15) is 5.82 Å². The van der Waals surface area contributed by atoms with E-state index in [1.807, 2.05) is 17.7 Å². The zero-order valence-corrected chi connectivity index (χ0v) is 11.2. The van der Waals surface area contributed by atoms with Gasteiger partial charge in [0.25, 0.3) is 0 Å². The van der Waals surface area contributed by atoms with Gasteiger partial charge >= 0.3 is 0 Å². The van der Waals surface area contributed by atoms with E-state index in [9.17, 15) is 4.39 Å². The number of anilines is 1. The van der Waals surface area contributed by atoms with Crippen LogP contribution in [0.25, 0.3) is 5.69 Å². The van der Waals surface area contributed by atoms with Gasteiger partial charge in [-0.15, -0.1) is 0 Å². The third-order valence-electron chi connectivity index (χ3n) is 2.74. The number of nitrogens with one attached hydrogen (secondary N) is 1. The minimum absolute atomic E-state index is 0.241. The Balaban J connectivity index is 2.13. The highest BCUT2D eigenvalue weighted by atomic mass is 19.1. The normalized spacial score (nSPS) is 10.7. The van der Waals surface area contributed by atoms with Crippen molar-refractivity contribution in [1.82, 2.24) is 9.55 Å². The van der Waals surface area contributed by atoms with Crippen molar-refractivity contribution < 1.29 is 9.13 Å². The van der Waals surface area contributed by atoms with Crippen molar-refractivity contribution in [2.45, 2.75) is 13.3 Å². The average molecular weight is 263 g/mol. The van der Waals surface area contributed by atoms with Crippen LogP contribution in [0.5, 0.6) is 0 Å². The standard InChI is InChI=1S/C14H18FN3O/c1-11-10-18(13-6-4-12(15)5-7-13)14(17-11)16-8-3-9-19-2/h4-7,10H,3,8-9H2,1-2H3,(H,16,17). The molecule has 0 atom stereocenters. The van der Waals surface area contributed by atoms with E-state index in [2.05, 4.69) is 10.3 Å². The van der Waals surface area contributed by atoms with Crippen LogP contribution >= 0.6 is 0 Å². The van der Waals surface area contributed by atoms with Crippen LogP contribution < -0.4 is 5.32 Å². The van der Waals surface area contributed by atoms with Gasteiger partial charge in [-0.25, -0.2) is 9.37 Å². The number of nitrogens with zero attached hydrogens (tertiary/aromatic N) is 2. The lowest BCUT2D eigenvalue weighted by atomic mass is 10.3. The molecule has 19 heavy (non-hydrogen) atoms. The number of hydrogen-bond acceptors (Lipinski definition) is 3. The second kappa shape index (κ2) is 6.33. The first-order chi connectivity index (χ1) is 9.20. The van der Waals surface area contributed by atoms with E-state index in [0.29, 0.717) is 6.61 Å². The Bertz CT molecular complexity index is 522. The quantitative estimate of drug-likeness (QED) is 0.814. The molecule has 1 aromatic carbocycles. The molecule has 2 rings (SSSR count). The van der Waals surface area contributed by atoms with Crippen LogP contribution in [0, 0.1) is 12.7 Å². The van der Waals surface area contributed by atoms with Gasteiger partial charge in [-0.2, -0.15) is 0 Å². The topological polar surface area (TPSA) is 39.1 Å². The van der Waals surface area contributed by atoms with Gasteiger partial charge in [0.05, 0.1) is 5.69 Å². The molecule has 0 aliphatic rings. The second-order valence-electron chi connectivity index (χ2n) is 4.33. The molecule has 1 heterocycles. The Morgan fingerprint density at radius 3 is 2.74 bits per heavy atom. The van der Waals surface area contributed by atoms with Crippen LogP contribution in [0.3, 0.4) is 0 Å². The number of hydrogen-bond donors (Lipinski definition) is 1. The molecule has 1 N–H and O–H groups in total. The van der Waals surface area contributed by atoms with Crippen LogP contribution in [0.4, 0.5) is 10.3 Å². The van der Waals surface area contributed by atoms with E-state index in [4.69, 9.17) is 4.74 Å². The van der Waals surface area contributed by atoms with Crippen molar-refractivity contribution >= 4 is 5.95 Å². The minimum Gasteiger partial charge on any atom is -0.385 e. The van der Waals surface area contributed by atoms with E-state index in [1.165, 1.54) is 12.1 Å². The number of benzene rings is 1. The van der Waals surface area contributed by atoms with Crippen LogP contribution in [-0.2, 0) is 4.74 Å². The maximum Gasteiger partial charge on any atom is 0.207 e. The molecule has 102 valence electrons. The predicted octanol–water partition coefficient (Wildman–Crippen LogP) is 2.77. The fourth-order valence-corrected chi connectivity index (χ4v) is 1.84. The monoisotopic (exact) mass is 263 g/mol. The van der Waals surface area contributed by atoms with Gasteiger partial charge in [-0.05, 0) is 37.6 Å². The molecular formula is C14H18FN3O. The smallest absolute Gasteiger partial charge is 0.207 e. The Morgan fingerprint density at radius 1 is 1.32 bits per heavy atom. The number of halogens is 1. The first-order valence-corrected chi connectivity index (χ1v) is 6.25. The summed E-state index contributed by atoms with van der Waals surface area (Å²) in [5.41, 5.74) is 1.80. The van der Waals surface area contributed by atoms with Crippen LogP contribution in [0.15, 0.2) is 30.5 Å². The second-order valence-corrected chi connectivity index (χ2v) is 4.33. The third kappa shape index (κ3) is 3.54. The highest BCUT2D eigenvalue weighted by molar-refractivity contribution is 5.43. The number of ether oxygens (including phenoxy) is 1. The number of aromatic nitrogens is 2. The Hall–Kier alpha value is -1.88. The molecule has 2 aromatic rings. The first-order valence-electron chi connectivity index (χ1n) is 6.25. The maximum absolute atomic E-state index is 12.9. The summed E-state index contributed by atoms with van der Waals surface area (Å²) in [6.07, 6.45) is 2.83. The minimum atomic E-state index is -0.241. The summed E-state index contributed by atoms with van der Waals surface area (Å²) in [4.78, 5) is 4.42. The van der Waals surface area contributed by atoms with Crippen molar-refractivity contribution in [3.05, 3.63) is 42.0 Å². The van der Waals surface area contributed by atoms with Gasteiger partial charge in [-0.1, -0.05) is 0 Å². The summed E-state index contributed by atoms with van der Waals surface area (Å²) in [6, 6.07) is 6.35. The zero-order valence-electron chi connectivity index (χ0n) is 11.2. The molecule has 0 bridgehead atoms. The first kappa shape index (κ1) is 13.5. The fourth-order valence-electron chi connectivity index (χ4n) is 1.84. The molecule has 1 aromatic heterocycles. The summed E-state index contributed by atoms with van der Waals surface area (Å²) in [5, 5.41) is 3.26. The van der Waals surface area contributed by atoms with Gasteiger partial charge in [-0.3, -0.25) is 4.57 Å². The fraction of sp³-hybridized carbons (Fsp3) is 0.357. The van der Waals surface area contributed by atoms with Crippen molar-refractivity contribution in [1.29, 1.82) is 0 Å². The molecule has 0 amide bonds. The van der Waals surface area contributed by atoms with Crippen LogP contribution in [-0.4, -0.2) is 29.8 Å². The Kier molecular flexibility index (Phi) is 4.52. The lowest BCUT2D eigenvalue weighted by Crippen LogP contribution is -2.09. The summed E-state index contributed by atoms with van der Waals surface area (Å²) in [6.45, 7) is 3.43. The molecule has 4 nitrogen and oxygen atoms in total. The molecule has 0 saturated carbocycles. The number of aryl methyl sites for hydroxylation is 1. The molecule has 5 heteroatoms. The van der Waals surface area contributed by atoms with Gasteiger partial charge in [0, 0.05) is 32.1 Å². The van der Waals surface area contributed by atoms with Gasteiger partial charge in [0.15, 0.2) is 0 Å². The third-order valence-corrected chi connectivity index (χ3v) is 2.74. The van der Waals surface area contributed by atoms with Crippen molar-refractivity contribution in [3.63, 3.8) is 0 Å². The van der Waals surface area contributed by atoms with E-state index < -0.39 is 0 Å². The summed E-state index contributed by atoms with van der Waals surface area (Å²) in [7, 11) is 1.68. The number of methoxy groups -OCH3 is 1. The van der Waals surface area contributed by atoms with Crippen molar-refractivity contribution in [2.75, 3.05) is 25.6 Å². The molecule has 0 fully saturated rings. The SMILES string of the molecule is COCCCNc1nc(C)cn1-c1ccc(F)cc1. The average Bonchev–Trinajstić information content (AvgIpc) is 2.77. The van der Waals surface area contributed by atoms with Crippen LogP contribution in [0.2, 0.25) is 0 Å². The largest absolute Gasteiger partial charge is 0.385 e. The summed E-state index contributed by atoms with van der Waals surface area (Å²) >= 11 is 0. The predicted molar refractivity (Wildman–Crippen MR) is 73.2 cm³/mol. The highest BCUT2D eigenvalue weighted by Crippen LogP contribution is 2.17. The molecule has 0 aliphatic carbocycles. The molecule has 0 saturated heterocycles. The molecule has 0 radical (unpaired) electrons. The van der Waals surface area contributed by atoms with E-state index in [1.54, 1.807) is 19.2 Å². The highest BCUT2D eigenvalue weighted by Gasteiger charge is 2.07. The van der Waals surface area contributed by atoms with Crippen molar-refractivity contribution in [2.24, 2.45) is 0 Å². The van der Waals surface area contributed by atoms with Gasteiger partial charge in [0.2, 0.25) is 5.95 Å². The molecule has 0 unspecified atom stereocenters. The maximum atomic E-state index is 12.9. The van der Waals surface area contributed by atoms with Crippen molar-refractivity contribution in [3.8, 4) is 5.69 Å². The summed E-state index contributed by atoms with van der Waals surface area (Å²) in [5.74, 6) is 0.524. The summed E-state index contributed by atoms with van der Waals surface area (Å²) < 4.78 is 19.9. The van der Waals surface area contributed by atoms with Gasteiger partial charge < -0.3 is 10.1 Å². The van der Waals surface area contributed by atoms with E-state index in [-0.39, 0.29) is 5.82 Å². The zero-order chi connectivity index (χ0) is 13.7. The molecular weight excluding hydrogens is 245 g/mol. The molecule has 0 aliphatic heterocycles. The Morgan fingerprint density at radius 2 is 2.05 bits per heavy atom. The lowest BCUT2D eigenvalue weighted by molar-refractivity contribution is 0.197. The lowest BCUT2D eigenvalue weighted by Gasteiger charge is -2.09.